The summed E-state index contributed by atoms with van der Waals surface area (Å²) in [7, 11) is 0. The van der Waals surface area contributed by atoms with Crippen molar-refractivity contribution < 1.29 is 47.6 Å². The molecule has 6 heteroatoms. The molecule has 0 atom stereocenters. The van der Waals surface area contributed by atoms with E-state index in [9.17, 15) is 0 Å². The van der Waals surface area contributed by atoms with Gasteiger partial charge in [0.1, 0.15) is 0 Å². The monoisotopic (exact) mass is 190 g/mol. The van der Waals surface area contributed by atoms with Crippen LogP contribution in [0.4, 0.5) is 0 Å². The van der Waals surface area contributed by atoms with Crippen molar-refractivity contribution in [3.63, 3.8) is 0 Å². The maximum absolute atomic E-state index is 8.50. The van der Waals surface area contributed by atoms with E-state index in [0.717, 1.165) is 0 Å². The van der Waals surface area contributed by atoms with E-state index in [-0.39, 0.29) is 35.6 Å². The van der Waals surface area contributed by atoms with E-state index in [4.69, 9.17) is 10.2 Å². The molecule has 0 unspecified atom stereocenters. The Balaban J connectivity index is -0.0000000275. The first-order valence-corrected chi connectivity index (χ1v) is 3.18. The summed E-state index contributed by atoms with van der Waals surface area (Å²) >= 11 is -1.88. The Kier molecular flexibility index (Phi) is 88.3. The molecule has 0 aliphatic carbocycles. The van der Waals surface area contributed by atoms with Crippen LogP contribution in [0.2, 0.25) is 0 Å². The summed E-state index contributed by atoms with van der Waals surface area (Å²) < 4.78 is 25.4. The number of hydrogen-bond acceptors (Lipinski definition) is 3. The van der Waals surface area contributed by atoms with E-state index in [0.29, 0.717) is 0 Å². The third kappa shape index (κ3) is 59.6. The van der Waals surface area contributed by atoms with Crippen LogP contribution in [0.3, 0.4) is 0 Å². The molecule has 0 amide bonds. The van der Waals surface area contributed by atoms with Crippen LogP contribution in [0.25, 0.3) is 0 Å². The topological polar surface area (TPSA) is 51.2 Å². The first-order valence-electron chi connectivity index (χ1n) is 0.697. The van der Waals surface area contributed by atoms with Gasteiger partial charge in [-0.25, -0.2) is 0 Å². The van der Waals surface area contributed by atoms with Crippen molar-refractivity contribution in [3.05, 3.63) is 0 Å². The fraction of sp³-hybridized carbons (Fsp3) is 0. The molecule has 0 radical (unpaired) electrons. The van der Waals surface area contributed by atoms with E-state index >= 15 is 0 Å². The standard InChI is InChI=1S/Al.3O.Ti.Zn.3H. The summed E-state index contributed by atoms with van der Waals surface area (Å²) in [6.45, 7) is 0. The first kappa shape index (κ1) is 15.7. The average Bonchev–Trinajstić information content (AvgIpc) is 1.46. The quantitative estimate of drug-likeness (QED) is 0.436. The summed E-state index contributed by atoms with van der Waals surface area (Å²) in [5.41, 5.74) is 0. The van der Waals surface area contributed by atoms with E-state index < -0.39 is 19.1 Å². The van der Waals surface area contributed by atoms with Gasteiger partial charge in [0.2, 0.25) is 0 Å². The second kappa shape index (κ2) is 33.8. The third-order valence-corrected chi connectivity index (χ3v) is 0. The van der Waals surface area contributed by atoms with Gasteiger partial charge in [-0.3, -0.25) is 0 Å². The van der Waals surface area contributed by atoms with Gasteiger partial charge in [0.15, 0.2) is 17.4 Å². The second-order valence-electron chi connectivity index (χ2n) is 0.0833. The average molecular weight is 191 g/mol. The number of hydrogen-bond donors (Lipinski definition) is 0. The Morgan fingerprint density at radius 1 is 1.17 bits per heavy atom. The Hall–Kier alpha value is 1.27. The van der Waals surface area contributed by atoms with Gasteiger partial charge in [-0.05, 0) is 0 Å². The van der Waals surface area contributed by atoms with Crippen LogP contribution in [0.15, 0.2) is 0 Å². The molecule has 0 saturated carbocycles. The summed E-state index contributed by atoms with van der Waals surface area (Å²) in [6, 6.07) is 0. The molecular weight excluding hydrogens is 188 g/mol. The van der Waals surface area contributed by atoms with Gasteiger partial charge < -0.3 is 0 Å². The van der Waals surface area contributed by atoms with Gasteiger partial charge in [-0.1, -0.05) is 0 Å². The molecule has 30 valence electrons. The molecular formula is H3AlO3TiZn. The molecule has 0 N–H and O–H groups in total. The Labute approximate surface area is 64.5 Å². The predicted molar refractivity (Wildman–Crippen MR) is 12.0 cm³/mol. The molecule has 0 aromatic carbocycles. The van der Waals surface area contributed by atoms with Crippen molar-refractivity contribution in [2.45, 2.75) is 0 Å². The molecule has 0 aliphatic rings. The fourth-order valence-electron chi connectivity index (χ4n) is 0. The van der Waals surface area contributed by atoms with Crippen LogP contribution < -0.4 is 0 Å². The van der Waals surface area contributed by atoms with Crippen molar-refractivity contribution in [1.82, 2.24) is 0 Å². The molecule has 0 bridgehead atoms. The van der Waals surface area contributed by atoms with Gasteiger partial charge in [0.25, 0.3) is 0 Å². The van der Waals surface area contributed by atoms with Gasteiger partial charge in [-0.2, -0.15) is 0 Å². The zero-order chi connectivity index (χ0) is 4.71. The molecule has 0 aromatic heterocycles. The van der Waals surface area contributed by atoms with Crippen molar-refractivity contribution in [2.24, 2.45) is 0 Å². The van der Waals surface area contributed by atoms with Crippen LogP contribution in [-0.4, -0.2) is 17.4 Å². The van der Waals surface area contributed by atoms with Crippen molar-refractivity contribution >= 4 is 17.4 Å². The summed E-state index contributed by atoms with van der Waals surface area (Å²) in [5.74, 6) is 0. The first-order chi connectivity index (χ1) is 2.41. The minimum atomic E-state index is -2.00. The van der Waals surface area contributed by atoms with Crippen molar-refractivity contribution in [2.75, 3.05) is 0 Å². The fourth-order valence-corrected chi connectivity index (χ4v) is 0. The molecule has 3 nitrogen and oxygen atoms in total. The van der Waals surface area contributed by atoms with Crippen molar-refractivity contribution in [1.29, 1.82) is 0 Å². The normalized spacial score (nSPS) is 2.33. The van der Waals surface area contributed by atoms with E-state index in [1.54, 1.807) is 0 Å². The van der Waals surface area contributed by atoms with Gasteiger partial charge in [0, 0.05) is 0 Å². The molecule has 0 fully saturated rings. The van der Waals surface area contributed by atoms with Crippen LogP contribution >= 0.6 is 0 Å². The molecule has 0 heterocycles. The Morgan fingerprint density at radius 3 is 1.17 bits per heavy atom. The molecule has 0 aromatic rings. The maximum atomic E-state index is 8.50. The van der Waals surface area contributed by atoms with Gasteiger partial charge >= 0.3 is 47.6 Å². The minimum absolute atomic E-state index is 0. The molecule has 0 aliphatic heterocycles. The van der Waals surface area contributed by atoms with Crippen LogP contribution in [0.5, 0.6) is 0 Å². The summed E-state index contributed by atoms with van der Waals surface area (Å²) in [6.07, 6.45) is 0. The molecule has 6 heavy (non-hydrogen) atoms. The zero-order valence-corrected chi connectivity index (χ0v) is 6.96. The van der Waals surface area contributed by atoms with Crippen molar-refractivity contribution in [3.8, 4) is 0 Å². The molecule has 0 rings (SSSR count). The molecule has 0 saturated heterocycles. The Morgan fingerprint density at radius 2 is 1.17 bits per heavy atom. The second-order valence-corrected chi connectivity index (χ2v) is 0.344. The zero-order valence-electron chi connectivity index (χ0n) is 2.43. The van der Waals surface area contributed by atoms with Gasteiger partial charge in [-0.15, -0.1) is 0 Å². The van der Waals surface area contributed by atoms with Crippen LogP contribution in [-0.2, 0) is 47.6 Å². The predicted octanol–water partition coefficient (Wildman–Crippen LogP) is -1.55. The van der Waals surface area contributed by atoms with E-state index in [1.165, 1.54) is 0 Å². The number of rotatable bonds is 0. The third-order valence-electron chi connectivity index (χ3n) is 0. The Bertz CT molecular complexity index is 40.1. The van der Waals surface area contributed by atoms with E-state index in [2.05, 4.69) is 0 Å². The summed E-state index contributed by atoms with van der Waals surface area (Å²) in [5, 5.41) is 0. The van der Waals surface area contributed by atoms with E-state index in [1.807, 2.05) is 0 Å². The van der Waals surface area contributed by atoms with Crippen LogP contribution in [0.1, 0.15) is 0 Å². The molecule has 0 spiro atoms. The van der Waals surface area contributed by atoms with Crippen LogP contribution in [0, 0.1) is 0 Å². The SMILES string of the molecule is [AlH3].[O]=[Ti]=[O].[O]=[Zn]. The summed E-state index contributed by atoms with van der Waals surface area (Å²) in [4.78, 5) is 0. The van der Waals surface area contributed by atoms with Gasteiger partial charge in [0.05, 0.1) is 0 Å².